The van der Waals surface area contributed by atoms with Gasteiger partial charge in [-0.05, 0) is 43.0 Å². The minimum absolute atomic E-state index is 0.00663. The van der Waals surface area contributed by atoms with Crippen LogP contribution in [0.25, 0.3) is 0 Å². The van der Waals surface area contributed by atoms with E-state index in [-0.39, 0.29) is 18.4 Å². The molecule has 1 aromatic carbocycles. The van der Waals surface area contributed by atoms with Crippen molar-refractivity contribution in [1.82, 2.24) is 4.31 Å². The van der Waals surface area contributed by atoms with Crippen LogP contribution in [0.4, 0.5) is 5.69 Å². The topological polar surface area (TPSA) is 57.7 Å². The van der Waals surface area contributed by atoms with Crippen molar-refractivity contribution in [2.24, 2.45) is 0 Å². The number of carbonyl (C=O) groups is 1. The van der Waals surface area contributed by atoms with Gasteiger partial charge < -0.3 is 4.90 Å². The van der Waals surface area contributed by atoms with Crippen LogP contribution in [0.2, 0.25) is 0 Å². The Kier molecular flexibility index (Phi) is 3.53. The van der Waals surface area contributed by atoms with Gasteiger partial charge in [-0.3, -0.25) is 4.79 Å². The lowest BCUT2D eigenvalue weighted by atomic mass is 10.2. The molecule has 0 bridgehead atoms. The van der Waals surface area contributed by atoms with Gasteiger partial charge in [-0.1, -0.05) is 6.92 Å². The van der Waals surface area contributed by atoms with E-state index < -0.39 is 10.0 Å². The highest BCUT2D eigenvalue weighted by Gasteiger charge is 2.35. The van der Waals surface area contributed by atoms with E-state index in [2.05, 4.69) is 0 Å². The van der Waals surface area contributed by atoms with Crippen molar-refractivity contribution in [3.63, 3.8) is 0 Å². The number of hydrogen-bond acceptors (Lipinski definition) is 3. The van der Waals surface area contributed by atoms with Crippen LogP contribution < -0.4 is 4.90 Å². The minimum Gasteiger partial charge on any atom is -0.315 e. The Hall–Kier alpha value is -1.40. The van der Waals surface area contributed by atoms with Crippen LogP contribution in [0.5, 0.6) is 0 Å². The lowest BCUT2D eigenvalue weighted by Gasteiger charge is -2.23. The van der Waals surface area contributed by atoms with Gasteiger partial charge in [0.2, 0.25) is 15.9 Å². The molecule has 5 nitrogen and oxygen atoms in total. The molecule has 6 heteroatoms. The third-order valence-electron chi connectivity index (χ3n) is 4.53. The molecule has 0 radical (unpaired) electrons. The molecular formula is C15H20N2O3S. The Balaban J connectivity index is 1.98. The summed E-state index contributed by atoms with van der Waals surface area (Å²) in [6, 6.07) is 5.13. The number of amides is 1. The van der Waals surface area contributed by atoms with Crippen LogP contribution in [0.1, 0.15) is 31.7 Å². The van der Waals surface area contributed by atoms with E-state index in [1.165, 1.54) is 0 Å². The molecule has 1 aromatic rings. The summed E-state index contributed by atoms with van der Waals surface area (Å²) in [7, 11) is -1.73. The average Bonchev–Trinajstić information content (AvgIpc) is 3.04. The van der Waals surface area contributed by atoms with Gasteiger partial charge in [0.1, 0.15) is 0 Å². The van der Waals surface area contributed by atoms with Crippen molar-refractivity contribution in [2.45, 2.75) is 43.5 Å². The van der Waals surface area contributed by atoms with Crippen molar-refractivity contribution in [1.29, 1.82) is 0 Å². The average molecular weight is 308 g/mol. The van der Waals surface area contributed by atoms with E-state index in [1.807, 2.05) is 6.92 Å². The monoisotopic (exact) mass is 308 g/mol. The van der Waals surface area contributed by atoms with Crippen molar-refractivity contribution < 1.29 is 13.2 Å². The first kappa shape index (κ1) is 14.5. The number of benzene rings is 1. The van der Waals surface area contributed by atoms with Crippen LogP contribution in [0.15, 0.2) is 23.1 Å². The smallest absolute Gasteiger partial charge is 0.243 e. The Morgan fingerprint density at radius 2 is 2.10 bits per heavy atom. The maximum Gasteiger partial charge on any atom is 0.243 e. The Morgan fingerprint density at radius 1 is 1.33 bits per heavy atom. The molecule has 0 N–H and O–H groups in total. The molecule has 21 heavy (non-hydrogen) atoms. The summed E-state index contributed by atoms with van der Waals surface area (Å²) in [5, 5.41) is 0. The van der Waals surface area contributed by atoms with E-state index in [9.17, 15) is 13.2 Å². The van der Waals surface area contributed by atoms with E-state index >= 15 is 0 Å². The Bertz CT molecular complexity index is 684. The summed E-state index contributed by atoms with van der Waals surface area (Å²) in [5.74, 6) is 0.00663. The summed E-state index contributed by atoms with van der Waals surface area (Å²) < 4.78 is 27.2. The van der Waals surface area contributed by atoms with E-state index in [0.717, 1.165) is 30.5 Å². The van der Waals surface area contributed by atoms with Gasteiger partial charge in [-0.2, -0.15) is 4.31 Å². The number of anilines is 1. The Labute approximate surface area is 125 Å². The fourth-order valence-electron chi connectivity index (χ4n) is 3.28. The molecule has 0 aromatic heterocycles. The van der Waals surface area contributed by atoms with Gasteiger partial charge in [0.05, 0.1) is 11.3 Å². The van der Waals surface area contributed by atoms with Crippen molar-refractivity contribution >= 4 is 21.6 Å². The first-order valence-corrected chi connectivity index (χ1v) is 8.80. The second kappa shape index (κ2) is 5.10. The van der Waals surface area contributed by atoms with Crippen LogP contribution in [-0.2, 0) is 21.2 Å². The molecule has 1 fully saturated rings. The maximum atomic E-state index is 12.8. The fourth-order valence-corrected chi connectivity index (χ4v) is 5.09. The number of fused-ring (bicyclic) bond motifs is 1. The second-order valence-electron chi connectivity index (χ2n) is 5.74. The number of nitrogens with zero attached hydrogens (tertiary/aromatic N) is 2. The third kappa shape index (κ3) is 2.26. The zero-order valence-electron chi connectivity index (χ0n) is 12.4. The molecule has 0 spiro atoms. The van der Waals surface area contributed by atoms with Crippen LogP contribution in [-0.4, -0.2) is 38.3 Å². The standard InChI is InChI=1S/C15H20N2O3S/c1-3-12-5-4-8-17(12)21(19,20)13-6-7-14-11(9-13)10-15(18)16(14)2/h6-7,9,12H,3-5,8,10H2,1-2H3. The van der Waals surface area contributed by atoms with Crippen LogP contribution in [0, 0.1) is 0 Å². The Morgan fingerprint density at radius 3 is 2.81 bits per heavy atom. The van der Waals surface area contributed by atoms with Gasteiger partial charge in [-0.25, -0.2) is 8.42 Å². The number of sulfonamides is 1. The summed E-state index contributed by atoms with van der Waals surface area (Å²) in [4.78, 5) is 13.6. The number of likely N-dealkylation sites (N-methyl/N-ethyl adjacent to an activating group) is 1. The number of hydrogen-bond donors (Lipinski definition) is 0. The van der Waals surface area contributed by atoms with Gasteiger partial charge in [0, 0.05) is 25.3 Å². The molecule has 2 aliphatic rings. The largest absolute Gasteiger partial charge is 0.315 e. The first-order valence-electron chi connectivity index (χ1n) is 7.36. The SMILES string of the molecule is CCC1CCCN1S(=O)(=O)c1ccc2c(c1)CC(=O)N2C. The lowest BCUT2D eigenvalue weighted by Crippen LogP contribution is -2.35. The molecule has 0 saturated carbocycles. The molecule has 1 unspecified atom stereocenters. The molecule has 1 atom stereocenters. The van der Waals surface area contributed by atoms with E-state index in [1.54, 1.807) is 34.5 Å². The quantitative estimate of drug-likeness (QED) is 0.855. The van der Waals surface area contributed by atoms with E-state index in [4.69, 9.17) is 0 Å². The van der Waals surface area contributed by atoms with Gasteiger partial charge in [-0.15, -0.1) is 0 Å². The lowest BCUT2D eigenvalue weighted by molar-refractivity contribution is -0.117. The number of rotatable bonds is 3. The molecule has 0 aliphatic carbocycles. The zero-order valence-corrected chi connectivity index (χ0v) is 13.2. The maximum absolute atomic E-state index is 12.8. The van der Waals surface area contributed by atoms with Crippen LogP contribution in [0.3, 0.4) is 0 Å². The van der Waals surface area contributed by atoms with Crippen LogP contribution >= 0.6 is 0 Å². The zero-order chi connectivity index (χ0) is 15.2. The summed E-state index contributed by atoms with van der Waals surface area (Å²) >= 11 is 0. The molecular weight excluding hydrogens is 288 g/mol. The highest BCUT2D eigenvalue weighted by atomic mass is 32.2. The van der Waals surface area contributed by atoms with Crippen molar-refractivity contribution in [2.75, 3.05) is 18.5 Å². The predicted molar refractivity (Wildman–Crippen MR) is 80.8 cm³/mol. The summed E-state index contributed by atoms with van der Waals surface area (Å²) in [6.45, 7) is 2.62. The van der Waals surface area contributed by atoms with Gasteiger partial charge >= 0.3 is 0 Å². The van der Waals surface area contributed by atoms with Gasteiger partial charge in [0.15, 0.2) is 0 Å². The fraction of sp³-hybridized carbons (Fsp3) is 0.533. The first-order chi connectivity index (χ1) is 9.95. The molecule has 1 saturated heterocycles. The third-order valence-corrected chi connectivity index (χ3v) is 6.48. The summed E-state index contributed by atoms with van der Waals surface area (Å²) in [6.07, 6.45) is 2.98. The van der Waals surface area contributed by atoms with Crippen molar-refractivity contribution in [3.05, 3.63) is 23.8 Å². The van der Waals surface area contributed by atoms with Gasteiger partial charge in [0.25, 0.3) is 0 Å². The predicted octanol–water partition coefficient (Wildman–Crippen LogP) is 1.77. The molecule has 2 aliphatic heterocycles. The second-order valence-corrected chi connectivity index (χ2v) is 7.63. The molecule has 2 heterocycles. The minimum atomic E-state index is -3.45. The van der Waals surface area contributed by atoms with E-state index in [0.29, 0.717) is 11.4 Å². The van der Waals surface area contributed by atoms with Crippen molar-refractivity contribution in [3.8, 4) is 0 Å². The highest BCUT2D eigenvalue weighted by molar-refractivity contribution is 7.89. The summed E-state index contributed by atoms with van der Waals surface area (Å²) in [5.41, 5.74) is 1.61. The molecule has 3 rings (SSSR count). The molecule has 1 amide bonds. The number of carbonyl (C=O) groups excluding carboxylic acids is 1. The highest BCUT2D eigenvalue weighted by Crippen LogP contribution is 2.33. The normalized spacial score (nSPS) is 22.9. The molecule has 114 valence electrons.